The third-order valence-electron chi connectivity index (χ3n) is 5.12. The fourth-order valence-corrected chi connectivity index (χ4v) is 3.74. The van der Waals surface area contributed by atoms with Crippen LogP contribution in [0.2, 0.25) is 0 Å². The molecule has 0 unspecified atom stereocenters. The molecular formula is C21H27N6+. The third-order valence-corrected chi connectivity index (χ3v) is 5.12. The molecule has 4 rings (SSSR count). The van der Waals surface area contributed by atoms with E-state index in [0.29, 0.717) is 5.95 Å². The minimum atomic E-state index is 0.662. The standard InChI is InChI=1S/C21H26N6/c1-16-14-20(23-21(22-16)27-18(3)13-17(2)24-27)26-11-9-25(10-12-26)15-19-7-5-4-6-8-19/h4-8,13-14H,9-12,15H2,1-3H3/p+1. The van der Waals surface area contributed by atoms with E-state index in [0.717, 1.165) is 55.6 Å². The number of piperazine rings is 1. The molecule has 0 bridgehead atoms. The van der Waals surface area contributed by atoms with Crippen LogP contribution in [0.1, 0.15) is 22.6 Å². The van der Waals surface area contributed by atoms with Gasteiger partial charge in [-0.1, -0.05) is 30.3 Å². The van der Waals surface area contributed by atoms with Crippen molar-refractivity contribution in [3.8, 4) is 5.95 Å². The lowest BCUT2D eigenvalue weighted by Crippen LogP contribution is -3.13. The Balaban J connectivity index is 1.47. The first kappa shape index (κ1) is 17.7. The molecule has 0 saturated carbocycles. The van der Waals surface area contributed by atoms with Crippen molar-refractivity contribution in [2.45, 2.75) is 27.3 Å². The van der Waals surface area contributed by atoms with Crippen molar-refractivity contribution in [1.29, 1.82) is 0 Å². The number of anilines is 1. The number of nitrogens with one attached hydrogen (secondary N) is 1. The van der Waals surface area contributed by atoms with Crippen molar-refractivity contribution in [3.05, 3.63) is 65.1 Å². The van der Waals surface area contributed by atoms with Gasteiger partial charge in [0.25, 0.3) is 5.95 Å². The van der Waals surface area contributed by atoms with Crippen molar-refractivity contribution < 1.29 is 4.90 Å². The molecule has 0 aliphatic carbocycles. The summed E-state index contributed by atoms with van der Waals surface area (Å²) in [4.78, 5) is 13.4. The van der Waals surface area contributed by atoms with Gasteiger partial charge in [-0.3, -0.25) is 0 Å². The van der Waals surface area contributed by atoms with Crippen LogP contribution >= 0.6 is 0 Å². The molecule has 3 aromatic rings. The summed E-state index contributed by atoms with van der Waals surface area (Å²) in [6, 6.07) is 14.9. The van der Waals surface area contributed by atoms with E-state index in [-0.39, 0.29) is 0 Å². The minimum absolute atomic E-state index is 0.662. The highest BCUT2D eigenvalue weighted by molar-refractivity contribution is 5.42. The van der Waals surface area contributed by atoms with Gasteiger partial charge in [0.15, 0.2) is 0 Å². The lowest BCUT2D eigenvalue weighted by atomic mass is 10.2. The van der Waals surface area contributed by atoms with E-state index in [1.165, 1.54) is 5.56 Å². The molecule has 2 aromatic heterocycles. The van der Waals surface area contributed by atoms with E-state index in [1.807, 2.05) is 25.5 Å². The maximum Gasteiger partial charge on any atom is 0.252 e. The number of benzene rings is 1. The van der Waals surface area contributed by atoms with Crippen molar-refractivity contribution in [2.24, 2.45) is 0 Å². The number of nitrogens with zero attached hydrogens (tertiary/aromatic N) is 5. The van der Waals surface area contributed by atoms with Crippen LogP contribution in [0.25, 0.3) is 5.95 Å². The summed E-state index contributed by atoms with van der Waals surface area (Å²) in [6.45, 7) is 11.4. The summed E-state index contributed by atoms with van der Waals surface area (Å²) in [7, 11) is 0. The lowest BCUT2D eigenvalue weighted by Gasteiger charge is -2.33. The van der Waals surface area contributed by atoms with Crippen LogP contribution in [0.4, 0.5) is 5.82 Å². The number of aryl methyl sites for hydroxylation is 3. The molecular weight excluding hydrogens is 336 g/mol. The van der Waals surface area contributed by atoms with Gasteiger partial charge >= 0.3 is 0 Å². The SMILES string of the molecule is Cc1cc(N2CC[NH+](Cc3ccccc3)CC2)nc(-n2nc(C)cc2C)n1. The van der Waals surface area contributed by atoms with E-state index in [4.69, 9.17) is 4.98 Å². The molecule has 1 fully saturated rings. The molecule has 0 spiro atoms. The second kappa shape index (κ2) is 7.48. The molecule has 140 valence electrons. The molecule has 1 aliphatic rings. The van der Waals surface area contributed by atoms with E-state index >= 15 is 0 Å². The van der Waals surface area contributed by atoms with Gasteiger partial charge in [-0.05, 0) is 26.8 Å². The van der Waals surface area contributed by atoms with Gasteiger partial charge in [0, 0.05) is 23.0 Å². The predicted octanol–water partition coefficient (Wildman–Crippen LogP) is 1.49. The average molecular weight is 363 g/mol. The zero-order chi connectivity index (χ0) is 18.8. The Bertz CT molecular complexity index is 910. The van der Waals surface area contributed by atoms with Crippen LogP contribution in [-0.4, -0.2) is 45.9 Å². The summed E-state index contributed by atoms with van der Waals surface area (Å²) in [5, 5.41) is 4.54. The largest absolute Gasteiger partial charge is 0.345 e. The van der Waals surface area contributed by atoms with Gasteiger partial charge in [-0.15, -0.1) is 0 Å². The Morgan fingerprint density at radius 1 is 0.926 bits per heavy atom. The Kier molecular flexibility index (Phi) is 4.90. The van der Waals surface area contributed by atoms with Gasteiger partial charge in [-0.25, -0.2) is 9.67 Å². The molecule has 1 aliphatic heterocycles. The predicted molar refractivity (Wildman–Crippen MR) is 106 cm³/mol. The molecule has 1 N–H and O–H groups in total. The van der Waals surface area contributed by atoms with Crippen molar-refractivity contribution >= 4 is 5.82 Å². The second-order valence-electron chi connectivity index (χ2n) is 7.41. The first-order valence-electron chi connectivity index (χ1n) is 9.60. The number of rotatable bonds is 4. The maximum atomic E-state index is 4.82. The van der Waals surface area contributed by atoms with Gasteiger partial charge in [-0.2, -0.15) is 10.1 Å². The van der Waals surface area contributed by atoms with Crippen molar-refractivity contribution in [2.75, 3.05) is 31.1 Å². The van der Waals surface area contributed by atoms with E-state index in [2.05, 4.69) is 57.4 Å². The van der Waals surface area contributed by atoms with Crippen LogP contribution in [0.3, 0.4) is 0 Å². The first-order valence-corrected chi connectivity index (χ1v) is 9.60. The van der Waals surface area contributed by atoms with Gasteiger partial charge in [0.2, 0.25) is 0 Å². The lowest BCUT2D eigenvalue weighted by molar-refractivity contribution is -0.914. The summed E-state index contributed by atoms with van der Waals surface area (Å²) in [5.41, 5.74) is 4.42. The highest BCUT2D eigenvalue weighted by Crippen LogP contribution is 2.16. The van der Waals surface area contributed by atoms with Crippen molar-refractivity contribution in [3.63, 3.8) is 0 Å². The number of hydrogen-bond donors (Lipinski definition) is 1. The van der Waals surface area contributed by atoms with Crippen molar-refractivity contribution in [1.82, 2.24) is 19.7 Å². The Morgan fingerprint density at radius 2 is 1.67 bits per heavy atom. The quantitative estimate of drug-likeness (QED) is 0.763. The topological polar surface area (TPSA) is 51.3 Å². The maximum absolute atomic E-state index is 4.82. The van der Waals surface area contributed by atoms with Gasteiger partial charge < -0.3 is 9.80 Å². The normalized spacial score (nSPS) is 15.3. The summed E-state index contributed by atoms with van der Waals surface area (Å²) >= 11 is 0. The molecule has 6 heteroatoms. The smallest absolute Gasteiger partial charge is 0.252 e. The molecule has 1 aromatic carbocycles. The van der Waals surface area contributed by atoms with Crippen LogP contribution in [0.5, 0.6) is 0 Å². The zero-order valence-corrected chi connectivity index (χ0v) is 16.3. The Morgan fingerprint density at radius 3 is 2.33 bits per heavy atom. The van der Waals surface area contributed by atoms with Gasteiger partial charge in [0.05, 0.1) is 31.9 Å². The van der Waals surface area contributed by atoms with E-state index in [1.54, 1.807) is 4.90 Å². The fourth-order valence-electron chi connectivity index (χ4n) is 3.74. The van der Waals surface area contributed by atoms with Crippen LogP contribution in [0, 0.1) is 20.8 Å². The van der Waals surface area contributed by atoms with Crippen LogP contribution in [-0.2, 0) is 6.54 Å². The molecule has 1 saturated heterocycles. The molecule has 0 amide bonds. The Labute approximate surface area is 160 Å². The molecule has 6 nitrogen and oxygen atoms in total. The number of quaternary nitrogens is 1. The third kappa shape index (κ3) is 4.01. The number of aromatic nitrogens is 4. The molecule has 27 heavy (non-hydrogen) atoms. The van der Waals surface area contributed by atoms with Gasteiger partial charge in [0.1, 0.15) is 12.4 Å². The first-order chi connectivity index (χ1) is 13.1. The average Bonchev–Trinajstić information content (AvgIpc) is 3.01. The van der Waals surface area contributed by atoms with Crippen LogP contribution < -0.4 is 9.80 Å². The monoisotopic (exact) mass is 363 g/mol. The molecule has 3 heterocycles. The minimum Gasteiger partial charge on any atom is -0.345 e. The Hall–Kier alpha value is -2.73. The van der Waals surface area contributed by atoms with Crippen LogP contribution in [0.15, 0.2) is 42.5 Å². The summed E-state index contributed by atoms with van der Waals surface area (Å²) in [6.07, 6.45) is 0. The van der Waals surface area contributed by atoms with E-state index < -0.39 is 0 Å². The second-order valence-corrected chi connectivity index (χ2v) is 7.41. The number of hydrogen-bond acceptors (Lipinski definition) is 4. The highest BCUT2D eigenvalue weighted by Gasteiger charge is 2.22. The fraction of sp³-hybridized carbons (Fsp3) is 0.381. The highest BCUT2D eigenvalue weighted by atomic mass is 15.4. The zero-order valence-electron chi connectivity index (χ0n) is 16.3. The molecule has 0 atom stereocenters. The summed E-state index contributed by atoms with van der Waals surface area (Å²) < 4.78 is 1.84. The summed E-state index contributed by atoms with van der Waals surface area (Å²) in [5.74, 6) is 1.67. The molecule has 0 radical (unpaired) electrons. The van der Waals surface area contributed by atoms with E-state index in [9.17, 15) is 0 Å².